The van der Waals surface area contributed by atoms with Crippen LogP contribution in [0.15, 0.2) is 36.5 Å². The van der Waals surface area contributed by atoms with Crippen LogP contribution in [-0.2, 0) is 6.54 Å². The van der Waals surface area contributed by atoms with Gasteiger partial charge >= 0.3 is 0 Å². The predicted octanol–water partition coefficient (Wildman–Crippen LogP) is 2.05. The van der Waals surface area contributed by atoms with Gasteiger partial charge in [-0.15, -0.1) is 0 Å². The molecule has 5 nitrogen and oxygen atoms in total. The Labute approximate surface area is 131 Å². The summed E-state index contributed by atoms with van der Waals surface area (Å²) in [4.78, 5) is 2.45. The molecule has 0 spiro atoms. The van der Waals surface area contributed by atoms with Gasteiger partial charge in [-0.25, -0.2) is 4.68 Å². The fraction of sp³-hybridized carbons (Fsp3) is 0.471. The Morgan fingerprint density at radius 3 is 2.86 bits per heavy atom. The van der Waals surface area contributed by atoms with E-state index in [4.69, 9.17) is 10.5 Å². The topological polar surface area (TPSA) is 56.3 Å². The summed E-state index contributed by atoms with van der Waals surface area (Å²) in [6.07, 6.45) is 3.01. The highest BCUT2D eigenvalue weighted by Crippen LogP contribution is 2.30. The van der Waals surface area contributed by atoms with Gasteiger partial charge < -0.3 is 10.5 Å². The van der Waals surface area contributed by atoms with E-state index in [1.807, 2.05) is 35.1 Å². The molecule has 1 saturated heterocycles. The van der Waals surface area contributed by atoms with Crippen molar-refractivity contribution in [3.05, 3.63) is 42.2 Å². The molecular formula is C17H24N4O. The van der Waals surface area contributed by atoms with Crippen molar-refractivity contribution in [2.45, 2.75) is 19.9 Å². The predicted molar refractivity (Wildman–Crippen MR) is 87.2 cm³/mol. The lowest BCUT2D eigenvalue weighted by Gasteiger charge is -2.23. The van der Waals surface area contributed by atoms with E-state index < -0.39 is 0 Å². The molecule has 1 aromatic carbocycles. The van der Waals surface area contributed by atoms with Gasteiger partial charge in [-0.2, -0.15) is 5.10 Å². The van der Waals surface area contributed by atoms with Gasteiger partial charge in [0.1, 0.15) is 11.4 Å². The summed E-state index contributed by atoms with van der Waals surface area (Å²) in [6.45, 7) is 6.03. The molecule has 0 saturated carbocycles. The van der Waals surface area contributed by atoms with Crippen LogP contribution in [0.3, 0.4) is 0 Å². The molecule has 2 aromatic rings. The van der Waals surface area contributed by atoms with Crippen molar-refractivity contribution in [1.82, 2.24) is 14.7 Å². The lowest BCUT2D eigenvalue weighted by Crippen LogP contribution is -2.31. The van der Waals surface area contributed by atoms with Crippen LogP contribution in [-0.4, -0.2) is 41.4 Å². The molecule has 0 aliphatic carbocycles. The molecule has 2 heterocycles. The highest BCUT2D eigenvalue weighted by molar-refractivity contribution is 5.46. The minimum atomic E-state index is 0.245. The first-order valence-corrected chi connectivity index (χ1v) is 7.74. The average Bonchev–Trinajstić information content (AvgIpc) is 3.15. The van der Waals surface area contributed by atoms with Crippen molar-refractivity contribution >= 4 is 0 Å². The fourth-order valence-electron chi connectivity index (χ4n) is 3.13. The summed E-state index contributed by atoms with van der Waals surface area (Å²) in [5, 5.41) is 4.48. The minimum absolute atomic E-state index is 0.245. The van der Waals surface area contributed by atoms with Crippen molar-refractivity contribution in [3.8, 4) is 11.4 Å². The van der Waals surface area contributed by atoms with Crippen molar-refractivity contribution in [2.75, 3.05) is 26.7 Å². The summed E-state index contributed by atoms with van der Waals surface area (Å²) >= 11 is 0. The zero-order valence-electron chi connectivity index (χ0n) is 13.3. The number of methoxy groups -OCH3 is 1. The van der Waals surface area contributed by atoms with Gasteiger partial charge in [0.25, 0.3) is 0 Å². The van der Waals surface area contributed by atoms with E-state index in [-0.39, 0.29) is 5.41 Å². The van der Waals surface area contributed by atoms with E-state index in [0.717, 1.165) is 44.0 Å². The molecule has 1 atom stereocenters. The number of hydrogen-bond donors (Lipinski definition) is 1. The van der Waals surface area contributed by atoms with E-state index in [1.54, 1.807) is 7.11 Å². The smallest absolute Gasteiger partial charge is 0.144 e. The highest BCUT2D eigenvalue weighted by atomic mass is 16.5. The molecule has 3 rings (SSSR count). The van der Waals surface area contributed by atoms with Gasteiger partial charge in [-0.05, 0) is 43.1 Å². The molecule has 1 aliphatic rings. The number of nitrogens with two attached hydrogens (primary N) is 1. The molecule has 1 unspecified atom stereocenters. The Morgan fingerprint density at radius 1 is 1.32 bits per heavy atom. The number of nitrogens with zero attached hydrogens (tertiary/aromatic N) is 3. The van der Waals surface area contributed by atoms with E-state index in [9.17, 15) is 0 Å². The zero-order valence-corrected chi connectivity index (χ0v) is 13.3. The maximum atomic E-state index is 5.90. The first-order chi connectivity index (χ1) is 10.6. The van der Waals surface area contributed by atoms with Crippen LogP contribution < -0.4 is 10.5 Å². The number of likely N-dealkylation sites (tertiary alicyclic amines) is 1. The highest BCUT2D eigenvalue weighted by Gasteiger charge is 2.32. The van der Waals surface area contributed by atoms with Gasteiger partial charge in [-0.3, -0.25) is 4.90 Å². The van der Waals surface area contributed by atoms with E-state index >= 15 is 0 Å². The number of ether oxygens (including phenoxy) is 1. The summed E-state index contributed by atoms with van der Waals surface area (Å²) < 4.78 is 7.42. The van der Waals surface area contributed by atoms with Crippen LogP contribution >= 0.6 is 0 Å². The molecular weight excluding hydrogens is 276 g/mol. The molecule has 0 bridgehead atoms. The number of hydrogen-bond acceptors (Lipinski definition) is 4. The zero-order chi connectivity index (χ0) is 15.6. The molecule has 22 heavy (non-hydrogen) atoms. The van der Waals surface area contributed by atoms with Crippen molar-refractivity contribution in [2.24, 2.45) is 11.1 Å². The first-order valence-electron chi connectivity index (χ1n) is 7.74. The van der Waals surface area contributed by atoms with Crippen LogP contribution in [0.25, 0.3) is 5.69 Å². The molecule has 5 heteroatoms. The number of aromatic nitrogens is 2. The second kappa shape index (κ2) is 6.10. The normalized spacial score (nSPS) is 22.1. The largest absolute Gasteiger partial charge is 0.494 e. The second-order valence-corrected chi connectivity index (χ2v) is 6.38. The van der Waals surface area contributed by atoms with Crippen molar-refractivity contribution in [3.63, 3.8) is 0 Å². The van der Waals surface area contributed by atoms with Crippen LogP contribution in [0.1, 0.15) is 19.0 Å². The SMILES string of the molecule is COc1ccccc1-n1nccc1CN1CCC(C)(CN)C1. The molecule has 118 valence electrons. The molecule has 1 aromatic heterocycles. The van der Waals surface area contributed by atoms with Crippen molar-refractivity contribution in [1.29, 1.82) is 0 Å². The second-order valence-electron chi connectivity index (χ2n) is 6.38. The Bertz CT molecular complexity index is 639. The molecule has 0 amide bonds. The van der Waals surface area contributed by atoms with Crippen LogP contribution in [0.4, 0.5) is 0 Å². The average molecular weight is 300 g/mol. The molecule has 1 fully saturated rings. The van der Waals surface area contributed by atoms with Crippen LogP contribution in [0.5, 0.6) is 5.75 Å². The lowest BCUT2D eigenvalue weighted by atomic mass is 9.90. The molecule has 0 radical (unpaired) electrons. The first kappa shape index (κ1) is 15.1. The monoisotopic (exact) mass is 300 g/mol. The lowest BCUT2D eigenvalue weighted by molar-refractivity contribution is 0.270. The standard InChI is InChI=1S/C17H24N4O/c1-17(12-18)8-10-20(13-17)11-14-7-9-19-21(14)15-5-3-4-6-16(15)22-2/h3-7,9H,8,10-13,18H2,1-2H3. The maximum Gasteiger partial charge on any atom is 0.144 e. The van der Waals surface area contributed by atoms with Gasteiger partial charge in [-0.1, -0.05) is 19.1 Å². The Kier molecular flexibility index (Phi) is 4.18. The van der Waals surface area contributed by atoms with Gasteiger partial charge in [0.15, 0.2) is 0 Å². The summed E-state index contributed by atoms with van der Waals surface area (Å²) in [5.74, 6) is 0.834. The van der Waals surface area contributed by atoms with Crippen molar-refractivity contribution < 1.29 is 4.74 Å². The third kappa shape index (κ3) is 2.87. The number of para-hydroxylation sites is 2. The number of rotatable bonds is 5. The quantitative estimate of drug-likeness (QED) is 0.918. The van der Waals surface area contributed by atoms with E-state index in [1.165, 1.54) is 5.69 Å². The molecule has 1 aliphatic heterocycles. The van der Waals surface area contributed by atoms with Crippen LogP contribution in [0.2, 0.25) is 0 Å². The summed E-state index contributed by atoms with van der Waals surface area (Å²) in [5.41, 5.74) is 8.30. The van der Waals surface area contributed by atoms with Gasteiger partial charge in [0.05, 0.1) is 12.8 Å². The third-order valence-electron chi connectivity index (χ3n) is 4.55. The molecule has 2 N–H and O–H groups in total. The summed E-state index contributed by atoms with van der Waals surface area (Å²) in [7, 11) is 1.69. The minimum Gasteiger partial charge on any atom is -0.494 e. The van der Waals surface area contributed by atoms with Gasteiger partial charge in [0.2, 0.25) is 0 Å². The Hall–Kier alpha value is -1.85. The fourth-order valence-corrected chi connectivity index (χ4v) is 3.13. The summed E-state index contributed by atoms with van der Waals surface area (Å²) in [6, 6.07) is 10.0. The Balaban J connectivity index is 1.81. The Morgan fingerprint density at radius 2 is 2.14 bits per heavy atom. The van der Waals surface area contributed by atoms with Crippen LogP contribution in [0, 0.1) is 5.41 Å². The number of benzene rings is 1. The maximum absolute atomic E-state index is 5.90. The van der Waals surface area contributed by atoms with E-state index in [2.05, 4.69) is 23.0 Å². The third-order valence-corrected chi connectivity index (χ3v) is 4.55. The van der Waals surface area contributed by atoms with E-state index in [0.29, 0.717) is 0 Å². The van der Waals surface area contributed by atoms with Gasteiger partial charge in [0, 0.05) is 19.3 Å².